The molecule has 0 atom stereocenters. The van der Waals surface area contributed by atoms with Crippen molar-refractivity contribution < 1.29 is 0 Å². The van der Waals surface area contributed by atoms with Crippen molar-refractivity contribution in [3.8, 4) is 6.07 Å². The van der Waals surface area contributed by atoms with Crippen LogP contribution in [-0.2, 0) is 6.42 Å². The molecular weight excluding hydrogens is 174 g/mol. The molecule has 0 bridgehead atoms. The van der Waals surface area contributed by atoms with Crippen LogP contribution in [0.25, 0.3) is 5.65 Å². The van der Waals surface area contributed by atoms with E-state index in [1.54, 1.807) is 6.20 Å². The van der Waals surface area contributed by atoms with Crippen molar-refractivity contribution in [3.63, 3.8) is 0 Å². The molecule has 0 radical (unpaired) electrons. The smallest absolute Gasteiger partial charge is 0.137 e. The minimum Gasteiger partial charge on any atom is -0.303 e. The molecule has 14 heavy (non-hydrogen) atoms. The van der Waals surface area contributed by atoms with E-state index >= 15 is 0 Å². The van der Waals surface area contributed by atoms with E-state index in [0.29, 0.717) is 6.42 Å². The van der Waals surface area contributed by atoms with Crippen LogP contribution in [-0.4, -0.2) is 9.38 Å². The molecule has 3 nitrogen and oxygen atoms in total. The van der Waals surface area contributed by atoms with E-state index in [-0.39, 0.29) is 0 Å². The van der Waals surface area contributed by atoms with Gasteiger partial charge in [-0.3, -0.25) is 0 Å². The molecule has 2 aromatic heterocycles. The number of nitriles is 1. The van der Waals surface area contributed by atoms with E-state index in [2.05, 4.69) is 24.9 Å². The molecule has 3 heteroatoms. The Bertz CT molecular complexity index is 517. The fourth-order valence-electron chi connectivity index (χ4n) is 1.48. The van der Waals surface area contributed by atoms with Crippen LogP contribution in [0, 0.1) is 25.2 Å². The van der Waals surface area contributed by atoms with E-state index in [9.17, 15) is 0 Å². The van der Waals surface area contributed by atoms with Gasteiger partial charge in [0.1, 0.15) is 5.65 Å². The minimum absolute atomic E-state index is 0.406. The highest BCUT2D eigenvalue weighted by molar-refractivity contribution is 5.45. The zero-order valence-electron chi connectivity index (χ0n) is 8.28. The van der Waals surface area contributed by atoms with Gasteiger partial charge in [-0.05, 0) is 31.0 Å². The van der Waals surface area contributed by atoms with Crippen LogP contribution in [0.2, 0.25) is 0 Å². The Hall–Kier alpha value is -1.82. The van der Waals surface area contributed by atoms with Gasteiger partial charge in [-0.15, -0.1) is 0 Å². The molecule has 0 saturated carbocycles. The Morgan fingerprint density at radius 1 is 1.43 bits per heavy atom. The lowest BCUT2D eigenvalue weighted by Crippen LogP contribution is -1.94. The van der Waals surface area contributed by atoms with Gasteiger partial charge in [-0.2, -0.15) is 5.26 Å². The maximum Gasteiger partial charge on any atom is 0.137 e. The maximum absolute atomic E-state index is 8.63. The summed E-state index contributed by atoms with van der Waals surface area (Å²) in [6.07, 6.45) is 4.20. The van der Waals surface area contributed by atoms with Gasteiger partial charge in [-0.1, -0.05) is 0 Å². The van der Waals surface area contributed by atoms with Gasteiger partial charge < -0.3 is 4.40 Å². The third-order valence-corrected chi connectivity index (χ3v) is 2.45. The van der Waals surface area contributed by atoms with Gasteiger partial charge in [0.05, 0.1) is 24.4 Å². The molecule has 0 aliphatic heterocycles. The summed E-state index contributed by atoms with van der Waals surface area (Å²) in [4.78, 5) is 4.25. The van der Waals surface area contributed by atoms with Crippen LogP contribution in [0.15, 0.2) is 18.5 Å². The van der Waals surface area contributed by atoms with E-state index < -0.39 is 0 Å². The summed E-state index contributed by atoms with van der Waals surface area (Å²) in [5.74, 6) is 0. The first-order valence-corrected chi connectivity index (χ1v) is 4.52. The predicted molar refractivity (Wildman–Crippen MR) is 54.0 cm³/mol. The predicted octanol–water partition coefficient (Wildman–Crippen LogP) is 2.02. The molecule has 0 spiro atoms. The topological polar surface area (TPSA) is 41.1 Å². The highest BCUT2D eigenvalue weighted by Crippen LogP contribution is 2.13. The molecule has 0 fully saturated rings. The second-order valence-electron chi connectivity index (χ2n) is 3.45. The number of pyridine rings is 1. The van der Waals surface area contributed by atoms with Crippen LogP contribution in [0.3, 0.4) is 0 Å². The van der Waals surface area contributed by atoms with Crippen LogP contribution >= 0.6 is 0 Å². The SMILES string of the molecule is Cc1cc2ncc(CC#N)n2cc1C. The van der Waals surface area contributed by atoms with Gasteiger partial charge in [0.25, 0.3) is 0 Å². The van der Waals surface area contributed by atoms with Crippen LogP contribution in [0.5, 0.6) is 0 Å². The Labute approximate surface area is 82.6 Å². The van der Waals surface area contributed by atoms with Crippen LogP contribution in [0.1, 0.15) is 16.8 Å². The fraction of sp³-hybridized carbons (Fsp3) is 0.273. The third-order valence-electron chi connectivity index (χ3n) is 2.45. The summed E-state index contributed by atoms with van der Waals surface area (Å²) in [6.45, 7) is 4.12. The van der Waals surface area contributed by atoms with E-state index in [4.69, 9.17) is 5.26 Å². The summed E-state index contributed by atoms with van der Waals surface area (Å²) in [5.41, 5.74) is 4.31. The van der Waals surface area contributed by atoms with Crippen molar-refractivity contribution in [3.05, 3.63) is 35.3 Å². The number of aromatic nitrogens is 2. The number of aryl methyl sites for hydroxylation is 2. The number of imidazole rings is 1. The van der Waals surface area contributed by atoms with Crippen molar-refractivity contribution in [2.45, 2.75) is 20.3 Å². The summed E-state index contributed by atoms with van der Waals surface area (Å²) >= 11 is 0. The first-order chi connectivity index (χ1) is 6.72. The first kappa shape index (κ1) is 8.76. The van der Waals surface area contributed by atoms with Gasteiger partial charge in [0.15, 0.2) is 0 Å². The van der Waals surface area contributed by atoms with E-state index in [1.165, 1.54) is 11.1 Å². The summed E-state index contributed by atoms with van der Waals surface area (Å²) in [7, 11) is 0. The number of hydrogen-bond donors (Lipinski definition) is 0. The molecule has 0 aliphatic rings. The molecule has 0 unspecified atom stereocenters. The Balaban J connectivity index is 2.69. The van der Waals surface area contributed by atoms with Crippen molar-refractivity contribution in [2.75, 3.05) is 0 Å². The lowest BCUT2D eigenvalue weighted by molar-refractivity contribution is 1.03. The molecule has 2 aromatic rings. The zero-order valence-corrected chi connectivity index (χ0v) is 8.28. The zero-order chi connectivity index (χ0) is 10.1. The summed E-state index contributed by atoms with van der Waals surface area (Å²) in [5, 5.41) is 8.63. The van der Waals surface area contributed by atoms with Crippen molar-refractivity contribution in [2.24, 2.45) is 0 Å². The molecule has 2 heterocycles. The summed E-state index contributed by atoms with van der Waals surface area (Å²) < 4.78 is 1.98. The van der Waals surface area contributed by atoms with E-state index in [0.717, 1.165) is 11.3 Å². The quantitative estimate of drug-likeness (QED) is 0.682. The Kier molecular flexibility index (Phi) is 1.97. The molecule has 0 N–H and O–H groups in total. The standard InChI is InChI=1S/C11H11N3/c1-8-5-11-13-6-10(3-4-12)14(11)7-9(8)2/h5-7H,3H2,1-2H3. The minimum atomic E-state index is 0.406. The average Bonchev–Trinajstić information content (AvgIpc) is 2.51. The monoisotopic (exact) mass is 185 g/mol. The van der Waals surface area contributed by atoms with Crippen molar-refractivity contribution >= 4 is 5.65 Å². The summed E-state index contributed by atoms with van der Waals surface area (Å²) in [6, 6.07) is 4.17. The Morgan fingerprint density at radius 2 is 2.21 bits per heavy atom. The second kappa shape index (κ2) is 3.15. The van der Waals surface area contributed by atoms with Gasteiger partial charge in [0.2, 0.25) is 0 Å². The lowest BCUT2D eigenvalue weighted by Gasteiger charge is -2.02. The third kappa shape index (κ3) is 1.25. The number of nitrogens with zero attached hydrogens (tertiary/aromatic N) is 3. The Morgan fingerprint density at radius 3 is 2.93 bits per heavy atom. The first-order valence-electron chi connectivity index (χ1n) is 4.52. The number of fused-ring (bicyclic) bond motifs is 1. The highest BCUT2D eigenvalue weighted by atomic mass is 15.0. The molecule has 0 aliphatic carbocycles. The van der Waals surface area contributed by atoms with Crippen LogP contribution in [0.4, 0.5) is 0 Å². The van der Waals surface area contributed by atoms with E-state index in [1.807, 2.05) is 16.7 Å². The van der Waals surface area contributed by atoms with Crippen LogP contribution < -0.4 is 0 Å². The molecule has 0 amide bonds. The van der Waals surface area contributed by atoms with Crippen molar-refractivity contribution in [1.82, 2.24) is 9.38 Å². The van der Waals surface area contributed by atoms with Gasteiger partial charge >= 0.3 is 0 Å². The molecule has 0 aromatic carbocycles. The molecular formula is C11H11N3. The maximum atomic E-state index is 8.63. The fourth-order valence-corrected chi connectivity index (χ4v) is 1.48. The second-order valence-corrected chi connectivity index (χ2v) is 3.45. The van der Waals surface area contributed by atoms with Gasteiger partial charge in [-0.25, -0.2) is 4.98 Å². The molecule has 2 rings (SSSR count). The molecule has 70 valence electrons. The lowest BCUT2D eigenvalue weighted by atomic mass is 10.2. The largest absolute Gasteiger partial charge is 0.303 e. The average molecular weight is 185 g/mol. The van der Waals surface area contributed by atoms with Crippen molar-refractivity contribution in [1.29, 1.82) is 5.26 Å². The highest BCUT2D eigenvalue weighted by Gasteiger charge is 2.03. The molecule has 0 saturated heterocycles. The number of hydrogen-bond acceptors (Lipinski definition) is 2. The normalized spacial score (nSPS) is 10.4. The van der Waals surface area contributed by atoms with Gasteiger partial charge in [0, 0.05) is 6.20 Å². The number of rotatable bonds is 1.